The van der Waals surface area contributed by atoms with Gasteiger partial charge < -0.3 is 15.2 Å². The molecule has 0 saturated heterocycles. The standard InChI is InChI=1S/C17H13Cl2N3O5/c18-11-3-6-13(19)14(7-11)21-16(25)17(26)22-20-8-10-1-4-12(5-2-10)27-9-15(23)24/h1-8H,9H2,(H,21,25)(H,22,26)(H,23,24)/b20-8-. The molecule has 27 heavy (non-hydrogen) atoms. The van der Waals surface area contributed by atoms with Gasteiger partial charge >= 0.3 is 17.8 Å². The summed E-state index contributed by atoms with van der Waals surface area (Å²) in [5, 5.41) is 15.1. The van der Waals surface area contributed by atoms with Crippen molar-refractivity contribution >= 4 is 52.9 Å². The van der Waals surface area contributed by atoms with E-state index in [-0.39, 0.29) is 10.7 Å². The van der Waals surface area contributed by atoms with Crippen molar-refractivity contribution < 1.29 is 24.2 Å². The molecule has 0 atom stereocenters. The zero-order valence-electron chi connectivity index (χ0n) is 13.6. The molecule has 8 nitrogen and oxygen atoms in total. The monoisotopic (exact) mass is 409 g/mol. The highest BCUT2D eigenvalue weighted by molar-refractivity contribution is 6.42. The second kappa shape index (κ2) is 9.56. The number of ether oxygens (including phenoxy) is 1. The first-order valence-corrected chi connectivity index (χ1v) is 8.15. The van der Waals surface area contributed by atoms with Crippen LogP contribution in [0.3, 0.4) is 0 Å². The zero-order valence-corrected chi connectivity index (χ0v) is 15.1. The molecule has 0 spiro atoms. The molecular formula is C17H13Cl2N3O5. The van der Waals surface area contributed by atoms with Crippen LogP contribution >= 0.6 is 23.2 Å². The highest BCUT2D eigenvalue weighted by Crippen LogP contribution is 2.25. The molecule has 10 heteroatoms. The predicted octanol–water partition coefficient (Wildman–Crippen LogP) is 2.55. The number of benzene rings is 2. The van der Waals surface area contributed by atoms with Crippen molar-refractivity contribution in [3.63, 3.8) is 0 Å². The van der Waals surface area contributed by atoms with Crippen LogP contribution in [0.1, 0.15) is 5.56 Å². The molecule has 2 aromatic rings. The van der Waals surface area contributed by atoms with Gasteiger partial charge in [-0.1, -0.05) is 23.2 Å². The number of carbonyl (C=O) groups is 3. The molecule has 2 rings (SSSR count). The van der Waals surface area contributed by atoms with Crippen molar-refractivity contribution in [3.8, 4) is 5.75 Å². The van der Waals surface area contributed by atoms with Gasteiger partial charge in [-0.25, -0.2) is 10.2 Å². The normalized spacial score (nSPS) is 10.4. The summed E-state index contributed by atoms with van der Waals surface area (Å²) >= 11 is 11.7. The Morgan fingerprint density at radius 1 is 1.07 bits per heavy atom. The summed E-state index contributed by atoms with van der Waals surface area (Å²) in [6.07, 6.45) is 1.30. The average molecular weight is 410 g/mol. The number of hydrogen-bond acceptors (Lipinski definition) is 5. The predicted molar refractivity (Wildman–Crippen MR) is 100 cm³/mol. The van der Waals surface area contributed by atoms with Gasteiger partial charge in [0.2, 0.25) is 0 Å². The maximum absolute atomic E-state index is 11.8. The number of amides is 2. The molecule has 2 aromatic carbocycles. The van der Waals surface area contributed by atoms with Gasteiger partial charge in [0.25, 0.3) is 0 Å². The Labute approximate surface area is 163 Å². The van der Waals surface area contributed by atoms with Gasteiger partial charge in [0.1, 0.15) is 5.75 Å². The number of aliphatic carboxylic acids is 1. The van der Waals surface area contributed by atoms with Gasteiger partial charge in [-0.2, -0.15) is 5.10 Å². The molecule has 140 valence electrons. The van der Waals surface area contributed by atoms with E-state index >= 15 is 0 Å². The number of carboxylic acids is 1. The summed E-state index contributed by atoms with van der Waals surface area (Å²) in [7, 11) is 0. The van der Waals surface area contributed by atoms with E-state index in [1.165, 1.54) is 18.3 Å². The van der Waals surface area contributed by atoms with Crippen LogP contribution in [0.4, 0.5) is 5.69 Å². The summed E-state index contributed by atoms with van der Waals surface area (Å²) in [5.41, 5.74) is 2.87. The van der Waals surface area contributed by atoms with Crippen molar-refractivity contribution in [2.45, 2.75) is 0 Å². The maximum atomic E-state index is 11.8. The van der Waals surface area contributed by atoms with Gasteiger partial charge in [-0.3, -0.25) is 9.59 Å². The lowest BCUT2D eigenvalue weighted by Crippen LogP contribution is -2.32. The van der Waals surface area contributed by atoms with Gasteiger partial charge in [-0.05, 0) is 48.0 Å². The Morgan fingerprint density at radius 2 is 1.78 bits per heavy atom. The number of carboxylic acid groups (broad SMARTS) is 1. The second-order valence-electron chi connectivity index (χ2n) is 5.03. The Hall–Kier alpha value is -3.10. The fraction of sp³-hybridized carbons (Fsp3) is 0.0588. The quantitative estimate of drug-likeness (QED) is 0.385. The molecule has 0 aliphatic rings. The Balaban J connectivity index is 1.87. The molecule has 0 aromatic heterocycles. The van der Waals surface area contributed by atoms with Crippen molar-refractivity contribution in [1.82, 2.24) is 5.43 Å². The van der Waals surface area contributed by atoms with E-state index < -0.39 is 24.4 Å². The van der Waals surface area contributed by atoms with Crippen LogP contribution < -0.4 is 15.5 Å². The Kier molecular flexibility index (Phi) is 7.16. The van der Waals surface area contributed by atoms with Crippen LogP contribution in [-0.4, -0.2) is 35.7 Å². The van der Waals surface area contributed by atoms with Crippen LogP contribution in [0.5, 0.6) is 5.75 Å². The zero-order chi connectivity index (χ0) is 19.8. The number of nitrogens with zero attached hydrogens (tertiary/aromatic N) is 1. The fourth-order valence-electron chi connectivity index (χ4n) is 1.78. The molecule has 0 bridgehead atoms. The van der Waals surface area contributed by atoms with E-state index in [2.05, 4.69) is 15.8 Å². The molecule has 0 radical (unpaired) electrons. The molecule has 2 amide bonds. The molecular weight excluding hydrogens is 397 g/mol. The van der Waals surface area contributed by atoms with Crippen molar-refractivity contribution in [3.05, 3.63) is 58.1 Å². The van der Waals surface area contributed by atoms with E-state index in [1.807, 2.05) is 0 Å². The molecule has 0 aliphatic carbocycles. The Morgan fingerprint density at radius 3 is 2.44 bits per heavy atom. The number of anilines is 1. The molecule has 0 saturated carbocycles. The third-order valence-electron chi connectivity index (χ3n) is 3.00. The van der Waals surface area contributed by atoms with Crippen LogP contribution in [0.2, 0.25) is 10.0 Å². The van der Waals surface area contributed by atoms with Crippen molar-refractivity contribution in [1.29, 1.82) is 0 Å². The van der Waals surface area contributed by atoms with Crippen molar-refractivity contribution in [2.75, 3.05) is 11.9 Å². The van der Waals surface area contributed by atoms with E-state index in [4.69, 9.17) is 33.0 Å². The number of carbonyl (C=O) groups excluding carboxylic acids is 2. The van der Waals surface area contributed by atoms with E-state index in [0.29, 0.717) is 16.3 Å². The number of hydrazone groups is 1. The summed E-state index contributed by atoms with van der Waals surface area (Å²) in [5.74, 6) is -2.67. The minimum Gasteiger partial charge on any atom is -0.482 e. The summed E-state index contributed by atoms with van der Waals surface area (Å²) in [4.78, 5) is 34.0. The number of hydrogen-bond donors (Lipinski definition) is 3. The summed E-state index contributed by atoms with van der Waals surface area (Å²) < 4.78 is 4.98. The van der Waals surface area contributed by atoms with Crippen LogP contribution in [-0.2, 0) is 14.4 Å². The molecule has 0 heterocycles. The lowest BCUT2D eigenvalue weighted by Gasteiger charge is -2.06. The SMILES string of the molecule is O=C(O)COc1ccc(/C=N\NC(=O)C(=O)Nc2cc(Cl)ccc2Cl)cc1. The number of nitrogens with one attached hydrogen (secondary N) is 2. The molecule has 0 aliphatic heterocycles. The Bertz CT molecular complexity index is 885. The smallest absolute Gasteiger partial charge is 0.341 e. The maximum Gasteiger partial charge on any atom is 0.341 e. The van der Waals surface area contributed by atoms with Gasteiger partial charge in [0.05, 0.1) is 16.9 Å². The lowest BCUT2D eigenvalue weighted by molar-refractivity contribution is -0.139. The lowest BCUT2D eigenvalue weighted by atomic mass is 10.2. The minimum absolute atomic E-state index is 0.199. The van der Waals surface area contributed by atoms with E-state index in [9.17, 15) is 14.4 Å². The third kappa shape index (κ3) is 6.61. The van der Waals surface area contributed by atoms with Gasteiger partial charge in [0.15, 0.2) is 6.61 Å². The summed E-state index contributed by atoms with van der Waals surface area (Å²) in [6, 6.07) is 10.7. The first-order valence-electron chi connectivity index (χ1n) is 7.39. The fourth-order valence-corrected chi connectivity index (χ4v) is 2.12. The van der Waals surface area contributed by atoms with E-state index in [1.54, 1.807) is 30.3 Å². The largest absolute Gasteiger partial charge is 0.482 e. The van der Waals surface area contributed by atoms with Gasteiger partial charge in [-0.15, -0.1) is 0 Å². The minimum atomic E-state index is -1.08. The molecule has 0 fully saturated rings. The number of halogens is 2. The summed E-state index contributed by atoms with van der Waals surface area (Å²) in [6.45, 7) is -0.449. The van der Waals surface area contributed by atoms with E-state index in [0.717, 1.165) is 0 Å². The van der Waals surface area contributed by atoms with Crippen molar-refractivity contribution in [2.24, 2.45) is 5.10 Å². The topological polar surface area (TPSA) is 117 Å². The second-order valence-corrected chi connectivity index (χ2v) is 5.87. The molecule has 0 unspecified atom stereocenters. The first-order chi connectivity index (χ1) is 12.8. The third-order valence-corrected chi connectivity index (χ3v) is 3.57. The van der Waals surface area contributed by atoms with Crippen LogP contribution in [0, 0.1) is 0 Å². The number of rotatable bonds is 6. The van der Waals surface area contributed by atoms with Crippen LogP contribution in [0.15, 0.2) is 47.6 Å². The highest BCUT2D eigenvalue weighted by atomic mass is 35.5. The molecule has 3 N–H and O–H groups in total. The first kappa shape index (κ1) is 20.2. The van der Waals surface area contributed by atoms with Crippen LogP contribution in [0.25, 0.3) is 0 Å². The average Bonchev–Trinajstić information content (AvgIpc) is 2.63. The van der Waals surface area contributed by atoms with Gasteiger partial charge in [0, 0.05) is 5.02 Å². The highest BCUT2D eigenvalue weighted by Gasteiger charge is 2.14.